The molecule has 0 radical (unpaired) electrons. The highest BCUT2D eigenvalue weighted by atomic mass is 16.5. The molecule has 0 fully saturated rings. The fourth-order valence-corrected chi connectivity index (χ4v) is 1.40. The molecule has 0 amide bonds. The van der Waals surface area contributed by atoms with Crippen molar-refractivity contribution in [3.63, 3.8) is 0 Å². The van der Waals surface area contributed by atoms with Gasteiger partial charge in [0.05, 0.1) is 11.7 Å². The predicted molar refractivity (Wildman–Crippen MR) is 43.0 cm³/mol. The maximum Gasteiger partial charge on any atom is 0.0844 e. The van der Waals surface area contributed by atoms with Crippen LogP contribution in [-0.4, -0.2) is 11.7 Å². The molecule has 58 valence electrons. The van der Waals surface area contributed by atoms with Crippen LogP contribution in [0.1, 0.15) is 34.6 Å². The smallest absolute Gasteiger partial charge is 0.0844 e. The zero-order valence-electron chi connectivity index (χ0n) is 7.49. The Morgan fingerprint density at radius 2 is 1.80 bits per heavy atom. The summed E-state index contributed by atoms with van der Waals surface area (Å²) in [7, 11) is 0. The van der Waals surface area contributed by atoms with E-state index >= 15 is 0 Å². The molecule has 0 saturated carbocycles. The molecule has 0 bridgehead atoms. The summed E-state index contributed by atoms with van der Waals surface area (Å²) < 4.78 is 5.70. The molecule has 1 nitrogen and oxygen atoms in total. The second-order valence-corrected chi connectivity index (χ2v) is 3.58. The molecule has 0 aromatic heterocycles. The van der Waals surface area contributed by atoms with E-state index in [1.54, 1.807) is 0 Å². The highest BCUT2D eigenvalue weighted by molar-refractivity contribution is 5.26. The Bertz CT molecular complexity index is 177. The van der Waals surface area contributed by atoms with Crippen molar-refractivity contribution in [3.8, 4) is 0 Å². The Morgan fingerprint density at radius 1 is 1.30 bits per heavy atom. The Balaban J connectivity index is 2.95. The Hall–Kier alpha value is -0.300. The van der Waals surface area contributed by atoms with Crippen molar-refractivity contribution < 1.29 is 4.74 Å². The second-order valence-electron chi connectivity index (χ2n) is 3.58. The van der Waals surface area contributed by atoms with Gasteiger partial charge in [-0.1, -0.05) is 0 Å². The summed E-state index contributed by atoms with van der Waals surface area (Å²) in [6.07, 6.45) is 0.315. The van der Waals surface area contributed by atoms with Crippen LogP contribution in [0.3, 0.4) is 0 Å². The van der Waals surface area contributed by atoms with E-state index in [1.807, 2.05) is 0 Å². The normalized spacial score (nSPS) is 31.5. The summed E-state index contributed by atoms with van der Waals surface area (Å²) in [6.45, 7) is 10.6. The molecule has 1 heteroatoms. The van der Waals surface area contributed by atoms with E-state index in [2.05, 4.69) is 34.6 Å². The second kappa shape index (κ2) is 2.09. The van der Waals surface area contributed by atoms with Gasteiger partial charge in [0.25, 0.3) is 0 Å². The topological polar surface area (TPSA) is 9.23 Å². The Morgan fingerprint density at radius 3 is 1.90 bits per heavy atom. The lowest BCUT2D eigenvalue weighted by atomic mass is 9.97. The lowest BCUT2D eigenvalue weighted by Gasteiger charge is -2.20. The fourth-order valence-electron chi connectivity index (χ4n) is 1.40. The molecule has 0 saturated heterocycles. The van der Waals surface area contributed by atoms with Gasteiger partial charge in [0.1, 0.15) is 0 Å². The first-order chi connectivity index (χ1) is 4.45. The van der Waals surface area contributed by atoms with Crippen LogP contribution in [0.4, 0.5) is 0 Å². The lowest BCUT2D eigenvalue weighted by molar-refractivity contribution is 0.00224. The zero-order valence-corrected chi connectivity index (χ0v) is 7.49. The van der Waals surface area contributed by atoms with Crippen LogP contribution in [0, 0.1) is 0 Å². The van der Waals surface area contributed by atoms with Crippen LogP contribution in [0.25, 0.3) is 0 Å². The van der Waals surface area contributed by atoms with E-state index in [0.717, 1.165) is 0 Å². The molecule has 0 aliphatic carbocycles. The van der Waals surface area contributed by atoms with E-state index in [-0.39, 0.29) is 5.60 Å². The van der Waals surface area contributed by atoms with Crippen LogP contribution in [0.2, 0.25) is 0 Å². The first-order valence-corrected chi connectivity index (χ1v) is 3.81. The molecule has 1 aliphatic rings. The van der Waals surface area contributed by atoms with Gasteiger partial charge in [-0.3, -0.25) is 0 Å². The van der Waals surface area contributed by atoms with Crippen LogP contribution in [0.5, 0.6) is 0 Å². The molecule has 1 aliphatic heterocycles. The maximum absolute atomic E-state index is 5.70. The van der Waals surface area contributed by atoms with E-state index in [4.69, 9.17) is 4.74 Å². The highest BCUT2D eigenvalue weighted by Gasteiger charge is 2.32. The van der Waals surface area contributed by atoms with Gasteiger partial charge in [-0.25, -0.2) is 0 Å². The summed E-state index contributed by atoms with van der Waals surface area (Å²) in [4.78, 5) is 0. The van der Waals surface area contributed by atoms with Crippen molar-refractivity contribution in [2.75, 3.05) is 0 Å². The van der Waals surface area contributed by atoms with Gasteiger partial charge in [-0.05, 0) is 45.8 Å². The minimum Gasteiger partial charge on any atom is -0.364 e. The highest BCUT2D eigenvalue weighted by Crippen LogP contribution is 2.34. The molecule has 1 rings (SSSR count). The quantitative estimate of drug-likeness (QED) is 0.470. The van der Waals surface area contributed by atoms with Gasteiger partial charge in [0.2, 0.25) is 0 Å². The first kappa shape index (κ1) is 7.80. The van der Waals surface area contributed by atoms with Crippen LogP contribution < -0.4 is 0 Å². The third-order valence-corrected chi connectivity index (χ3v) is 2.58. The van der Waals surface area contributed by atoms with Crippen molar-refractivity contribution in [3.05, 3.63) is 11.1 Å². The molecule has 0 N–H and O–H groups in total. The third-order valence-electron chi connectivity index (χ3n) is 2.58. The summed E-state index contributed by atoms with van der Waals surface area (Å²) in [5.74, 6) is 0. The molecule has 1 atom stereocenters. The SMILES string of the molecule is CC1=C(C)C(C)(C)OC1C. The minimum atomic E-state index is -0.0243. The Kier molecular flexibility index (Phi) is 1.63. The van der Waals surface area contributed by atoms with Gasteiger partial charge in [0.15, 0.2) is 0 Å². The van der Waals surface area contributed by atoms with Crippen molar-refractivity contribution >= 4 is 0 Å². The first-order valence-electron chi connectivity index (χ1n) is 3.81. The molecule has 0 aromatic carbocycles. The van der Waals surface area contributed by atoms with Crippen LogP contribution in [-0.2, 0) is 4.74 Å². The van der Waals surface area contributed by atoms with Gasteiger partial charge in [-0.2, -0.15) is 0 Å². The predicted octanol–water partition coefficient (Wildman–Crippen LogP) is 2.52. The van der Waals surface area contributed by atoms with Gasteiger partial charge >= 0.3 is 0 Å². The molecular formula is C9H16O. The third kappa shape index (κ3) is 0.988. The van der Waals surface area contributed by atoms with E-state index in [0.29, 0.717) is 6.10 Å². The molecule has 1 unspecified atom stereocenters. The number of hydrogen-bond donors (Lipinski definition) is 0. The number of rotatable bonds is 0. The van der Waals surface area contributed by atoms with Crippen molar-refractivity contribution in [2.24, 2.45) is 0 Å². The zero-order chi connectivity index (χ0) is 7.94. The average Bonchev–Trinajstić information content (AvgIpc) is 1.95. The molecule has 1 heterocycles. The number of ether oxygens (including phenoxy) is 1. The van der Waals surface area contributed by atoms with Gasteiger partial charge in [-0.15, -0.1) is 0 Å². The largest absolute Gasteiger partial charge is 0.364 e. The summed E-state index contributed by atoms with van der Waals surface area (Å²) >= 11 is 0. The maximum atomic E-state index is 5.70. The number of hydrogen-bond acceptors (Lipinski definition) is 1. The van der Waals surface area contributed by atoms with Crippen molar-refractivity contribution in [2.45, 2.75) is 46.3 Å². The standard InChI is InChI=1S/C9H16O/c1-6-7(2)9(4,5)10-8(6)3/h8H,1-5H3. The Labute approximate surface area is 63.1 Å². The molecule has 0 aromatic rings. The van der Waals surface area contributed by atoms with Gasteiger partial charge < -0.3 is 4.74 Å². The van der Waals surface area contributed by atoms with E-state index in [9.17, 15) is 0 Å². The lowest BCUT2D eigenvalue weighted by Crippen LogP contribution is -2.22. The summed E-state index contributed by atoms with van der Waals surface area (Å²) in [6, 6.07) is 0. The van der Waals surface area contributed by atoms with E-state index in [1.165, 1.54) is 11.1 Å². The minimum absolute atomic E-state index is 0.0243. The van der Waals surface area contributed by atoms with Crippen molar-refractivity contribution in [1.29, 1.82) is 0 Å². The fraction of sp³-hybridized carbons (Fsp3) is 0.778. The van der Waals surface area contributed by atoms with Crippen LogP contribution in [0.15, 0.2) is 11.1 Å². The molecule has 0 spiro atoms. The van der Waals surface area contributed by atoms with E-state index < -0.39 is 0 Å². The summed E-state index contributed by atoms with van der Waals surface area (Å²) in [5.41, 5.74) is 2.76. The van der Waals surface area contributed by atoms with Crippen molar-refractivity contribution in [1.82, 2.24) is 0 Å². The van der Waals surface area contributed by atoms with Gasteiger partial charge in [0, 0.05) is 0 Å². The molecule has 10 heavy (non-hydrogen) atoms. The average molecular weight is 140 g/mol. The monoisotopic (exact) mass is 140 g/mol. The summed E-state index contributed by atoms with van der Waals surface area (Å²) in [5, 5.41) is 0. The van der Waals surface area contributed by atoms with Crippen LogP contribution >= 0.6 is 0 Å². The molecular weight excluding hydrogens is 124 g/mol.